The lowest BCUT2D eigenvalue weighted by Gasteiger charge is -2.26. The molecule has 2 atom stereocenters. The molecule has 1 aliphatic rings. The van der Waals surface area contributed by atoms with Gasteiger partial charge in [-0.1, -0.05) is 54.6 Å². The van der Waals surface area contributed by atoms with Crippen molar-refractivity contribution in [1.82, 2.24) is 5.32 Å². The maximum atomic E-state index is 10.1. The van der Waals surface area contributed by atoms with Gasteiger partial charge in [0.05, 0.1) is 18.8 Å². The molecule has 3 rings (SSSR count). The van der Waals surface area contributed by atoms with E-state index in [1.807, 2.05) is 30.3 Å². The number of ether oxygens (including phenoxy) is 1. The van der Waals surface area contributed by atoms with Crippen LogP contribution in [0.2, 0.25) is 0 Å². The van der Waals surface area contributed by atoms with Gasteiger partial charge in [0.15, 0.2) is 0 Å². The molecule has 2 unspecified atom stereocenters. The van der Waals surface area contributed by atoms with Gasteiger partial charge >= 0.3 is 0 Å². The summed E-state index contributed by atoms with van der Waals surface area (Å²) in [6.45, 7) is 2.03. The van der Waals surface area contributed by atoms with Gasteiger partial charge in [-0.25, -0.2) is 0 Å². The zero-order chi connectivity index (χ0) is 14.5. The smallest absolute Gasteiger partial charge is 0.0952 e. The van der Waals surface area contributed by atoms with Crippen molar-refractivity contribution in [3.8, 4) is 0 Å². The zero-order valence-electron chi connectivity index (χ0n) is 12.0. The lowest BCUT2D eigenvalue weighted by molar-refractivity contribution is 0.0400. The van der Waals surface area contributed by atoms with Crippen molar-refractivity contribution in [2.24, 2.45) is 0 Å². The second-order valence-electron chi connectivity index (χ2n) is 5.39. The number of nitrogens with one attached hydrogen (secondary N) is 1. The number of fused-ring (bicyclic) bond motifs is 1. The van der Waals surface area contributed by atoms with E-state index in [1.54, 1.807) is 0 Å². The third-order valence-corrected chi connectivity index (χ3v) is 3.94. The van der Waals surface area contributed by atoms with Gasteiger partial charge in [0.1, 0.15) is 0 Å². The molecule has 3 heteroatoms. The molecular formula is C18H21NO2. The van der Waals surface area contributed by atoms with Crippen LogP contribution in [0.5, 0.6) is 0 Å². The molecule has 21 heavy (non-hydrogen) atoms. The summed E-state index contributed by atoms with van der Waals surface area (Å²) in [5, 5.41) is 13.5. The monoisotopic (exact) mass is 283 g/mol. The average molecular weight is 283 g/mol. The predicted octanol–water partition coefficient (Wildman–Crippen LogP) is 2.62. The Morgan fingerprint density at radius 3 is 2.71 bits per heavy atom. The fraction of sp³-hybridized carbons (Fsp3) is 0.333. The van der Waals surface area contributed by atoms with E-state index in [4.69, 9.17) is 4.74 Å². The van der Waals surface area contributed by atoms with Crippen LogP contribution in [0.4, 0.5) is 0 Å². The Balaban J connectivity index is 1.55. The van der Waals surface area contributed by atoms with Crippen molar-refractivity contribution < 1.29 is 9.84 Å². The molecule has 0 radical (unpaired) electrons. The molecule has 0 saturated carbocycles. The van der Waals surface area contributed by atoms with Crippen molar-refractivity contribution in [3.63, 3.8) is 0 Å². The predicted molar refractivity (Wildman–Crippen MR) is 83.1 cm³/mol. The quantitative estimate of drug-likeness (QED) is 0.886. The first kappa shape index (κ1) is 14.3. The largest absolute Gasteiger partial charge is 0.387 e. The molecule has 2 aromatic rings. The lowest BCUT2D eigenvalue weighted by Crippen LogP contribution is -2.30. The minimum absolute atomic E-state index is 0.0814. The first-order chi connectivity index (χ1) is 10.3. The van der Waals surface area contributed by atoms with E-state index in [2.05, 4.69) is 29.6 Å². The van der Waals surface area contributed by atoms with Crippen molar-refractivity contribution in [2.45, 2.75) is 18.6 Å². The molecule has 0 aromatic heterocycles. The molecule has 0 fully saturated rings. The van der Waals surface area contributed by atoms with E-state index in [9.17, 15) is 5.11 Å². The minimum atomic E-state index is -0.481. The first-order valence-corrected chi connectivity index (χ1v) is 7.48. The highest BCUT2D eigenvalue weighted by atomic mass is 16.5. The van der Waals surface area contributed by atoms with Crippen LogP contribution in [-0.4, -0.2) is 24.8 Å². The second-order valence-corrected chi connectivity index (χ2v) is 5.39. The molecule has 0 saturated heterocycles. The van der Waals surface area contributed by atoms with Gasteiger partial charge < -0.3 is 15.2 Å². The van der Waals surface area contributed by atoms with Gasteiger partial charge in [0.2, 0.25) is 0 Å². The normalized spacial score (nSPS) is 19.0. The lowest BCUT2D eigenvalue weighted by atomic mass is 9.97. The van der Waals surface area contributed by atoms with Crippen LogP contribution >= 0.6 is 0 Å². The van der Waals surface area contributed by atoms with Crippen molar-refractivity contribution >= 4 is 0 Å². The number of aliphatic hydroxyl groups excluding tert-OH is 1. The summed E-state index contributed by atoms with van der Waals surface area (Å²) in [7, 11) is 0. The average Bonchev–Trinajstić information content (AvgIpc) is 2.56. The van der Waals surface area contributed by atoms with E-state index in [-0.39, 0.29) is 6.10 Å². The number of aliphatic hydroxyl groups is 1. The van der Waals surface area contributed by atoms with E-state index in [0.717, 1.165) is 25.1 Å². The fourth-order valence-corrected chi connectivity index (χ4v) is 2.79. The van der Waals surface area contributed by atoms with E-state index < -0.39 is 6.10 Å². The third-order valence-electron chi connectivity index (χ3n) is 3.94. The van der Waals surface area contributed by atoms with Crippen LogP contribution in [0.3, 0.4) is 0 Å². The topological polar surface area (TPSA) is 41.5 Å². The maximum absolute atomic E-state index is 10.1. The van der Waals surface area contributed by atoms with Crippen LogP contribution in [0.15, 0.2) is 54.6 Å². The van der Waals surface area contributed by atoms with E-state index >= 15 is 0 Å². The van der Waals surface area contributed by atoms with Gasteiger partial charge in [-0.15, -0.1) is 0 Å². The van der Waals surface area contributed by atoms with Crippen LogP contribution < -0.4 is 5.32 Å². The number of hydrogen-bond donors (Lipinski definition) is 2. The van der Waals surface area contributed by atoms with Crippen molar-refractivity contribution in [1.29, 1.82) is 0 Å². The summed E-state index contributed by atoms with van der Waals surface area (Å²) in [5.74, 6) is 0. The number of rotatable bonds is 5. The van der Waals surface area contributed by atoms with Crippen LogP contribution in [0.1, 0.15) is 28.9 Å². The van der Waals surface area contributed by atoms with Crippen LogP contribution in [0.25, 0.3) is 0 Å². The van der Waals surface area contributed by atoms with Crippen molar-refractivity contribution in [2.75, 3.05) is 19.7 Å². The molecule has 2 N–H and O–H groups in total. The summed E-state index contributed by atoms with van der Waals surface area (Å²) < 4.78 is 5.85. The van der Waals surface area contributed by atoms with Crippen molar-refractivity contribution in [3.05, 3.63) is 71.3 Å². The van der Waals surface area contributed by atoms with Gasteiger partial charge in [-0.2, -0.15) is 0 Å². The molecule has 0 spiro atoms. The third kappa shape index (κ3) is 3.50. The summed E-state index contributed by atoms with van der Waals surface area (Å²) in [5.41, 5.74) is 3.58. The molecule has 3 nitrogen and oxygen atoms in total. The molecule has 1 heterocycles. The van der Waals surface area contributed by atoms with Crippen LogP contribution in [-0.2, 0) is 11.2 Å². The summed E-state index contributed by atoms with van der Waals surface area (Å²) in [4.78, 5) is 0. The molecule has 0 aliphatic carbocycles. The minimum Gasteiger partial charge on any atom is -0.387 e. The Hall–Kier alpha value is -1.68. The maximum Gasteiger partial charge on any atom is 0.0952 e. The molecule has 0 bridgehead atoms. The van der Waals surface area contributed by atoms with E-state index in [1.165, 1.54) is 11.1 Å². The fourth-order valence-electron chi connectivity index (χ4n) is 2.79. The molecule has 2 aromatic carbocycles. The molecule has 110 valence electrons. The summed E-state index contributed by atoms with van der Waals surface area (Å²) in [6, 6.07) is 18.2. The summed E-state index contributed by atoms with van der Waals surface area (Å²) >= 11 is 0. The van der Waals surface area contributed by atoms with Crippen LogP contribution in [0, 0.1) is 0 Å². The second kappa shape index (κ2) is 6.85. The van der Waals surface area contributed by atoms with Gasteiger partial charge in [0.25, 0.3) is 0 Å². The number of hydrogen-bond acceptors (Lipinski definition) is 3. The Morgan fingerprint density at radius 2 is 1.86 bits per heavy atom. The van der Waals surface area contributed by atoms with Gasteiger partial charge in [-0.3, -0.25) is 0 Å². The highest BCUT2D eigenvalue weighted by molar-refractivity contribution is 5.31. The zero-order valence-corrected chi connectivity index (χ0v) is 12.0. The van der Waals surface area contributed by atoms with E-state index in [0.29, 0.717) is 6.54 Å². The summed E-state index contributed by atoms with van der Waals surface area (Å²) in [6.07, 6.45) is 0.585. The number of benzene rings is 2. The highest BCUT2D eigenvalue weighted by Crippen LogP contribution is 2.26. The Morgan fingerprint density at radius 1 is 1.10 bits per heavy atom. The molecule has 1 aliphatic heterocycles. The Labute approximate surface area is 125 Å². The Kier molecular flexibility index (Phi) is 4.65. The molecular weight excluding hydrogens is 262 g/mol. The first-order valence-electron chi connectivity index (χ1n) is 7.48. The standard InChI is InChI=1S/C18H21NO2/c20-17(15-7-2-1-3-8-15)12-19-13-18-16-9-5-4-6-14(16)10-11-21-18/h1-9,17-20H,10-13H2. The Bertz CT molecular complexity index is 570. The SMILES string of the molecule is OC(CNCC1OCCc2ccccc21)c1ccccc1. The highest BCUT2D eigenvalue weighted by Gasteiger charge is 2.20. The van der Waals surface area contributed by atoms with Gasteiger partial charge in [0, 0.05) is 13.1 Å². The van der Waals surface area contributed by atoms with Gasteiger partial charge in [-0.05, 0) is 23.1 Å². The molecule has 0 amide bonds.